The number of aryl methyl sites for hydroxylation is 2. The average molecular weight is 590 g/mol. The highest BCUT2D eigenvalue weighted by atomic mass is 32.2. The van der Waals surface area contributed by atoms with Gasteiger partial charge in [-0.05, 0) is 56.0 Å². The summed E-state index contributed by atoms with van der Waals surface area (Å²) in [6, 6.07) is 14.7. The molecule has 0 aliphatic carbocycles. The van der Waals surface area contributed by atoms with Crippen molar-refractivity contribution in [3.63, 3.8) is 0 Å². The summed E-state index contributed by atoms with van der Waals surface area (Å²) in [5.74, 6) is 1.57. The predicted octanol–water partition coefficient (Wildman–Crippen LogP) is 5.72. The van der Waals surface area contributed by atoms with Crippen molar-refractivity contribution in [2.24, 2.45) is 0 Å². The van der Waals surface area contributed by atoms with Gasteiger partial charge in [0.1, 0.15) is 11.6 Å². The van der Waals surface area contributed by atoms with Crippen molar-refractivity contribution in [3.05, 3.63) is 93.4 Å². The van der Waals surface area contributed by atoms with E-state index in [0.717, 1.165) is 47.3 Å². The second kappa shape index (κ2) is 12.3. The van der Waals surface area contributed by atoms with Crippen molar-refractivity contribution in [1.82, 2.24) is 19.7 Å². The second-order valence-electron chi connectivity index (χ2n) is 10.2. The van der Waals surface area contributed by atoms with Crippen LogP contribution in [-0.2, 0) is 34.3 Å². The van der Waals surface area contributed by atoms with E-state index in [1.807, 2.05) is 37.3 Å². The zero-order valence-corrected chi connectivity index (χ0v) is 25.0. The minimum absolute atomic E-state index is 0.122. The van der Waals surface area contributed by atoms with Crippen LogP contribution in [0.3, 0.4) is 0 Å². The van der Waals surface area contributed by atoms with Crippen LogP contribution in [0.1, 0.15) is 55.0 Å². The van der Waals surface area contributed by atoms with Gasteiger partial charge in [0.2, 0.25) is 0 Å². The zero-order chi connectivity index (χ0) is 29.9. The van der Waals surface area contributed by atoms with Crippen LogP contribution in [0, 0.1) is 13.8 Å². The van der Waals surface area contributed by atoms with Gasteiger partial charge >= 0.3 is 0 Å². The Bertz CT molecular complexity index is 1890. The molecule has 5 aromatic rings. The van der Waals surface area contributed by atoms with Gasteiger partial charge in [0, 0.05) is 36.9 Å². The molecule has 42 heavy (non-hydrogen) atoms. The number of fused-ring (bicyclic) bond motifs is 1. The van der Waals surface area contributed by atoms with Crippen molar-refractivity contribution in [2.75, 3.05) is 11.3 Å². The Kier molecular flexibility index (Phi) is 8.60. The molecular weight excluding hydrogens is 554 g/mol. The summed E-state index contributed by atoms with van der Waals surface area (Å²) < 4.78 is 42.8. The third-order valence-electron chi connectivity index (χ3n) is 7.34. The molecule has 3 heterocycles. The van der Waals surface area contributed by atoms with Crippen LogP contribution in [0.2, 0.25) is 0 Å². The Labute approximate surface area is 244 Å². The number of ether oxygens (including phenoxy) is 1. The lowest BCUT2D eigenvalue weighted by Crippen LogP contribution is -2.15. The lowest BCUT2D eigenvalue weighted by atomic mass is 9.97. The van der Waals surface area contributed by atoms with Gasteiger partial charge in [-0.25, -0.2) is 13.4 Å². The van der Waals surface area contributed by atoms with Gasteiger partial charge in [-0.1, -0.05) is 54.9 Å². The first-order chi connectivity index (χ1) is 20.2. The molecule has 0 bridgehead atoms. The summed E-state index contributed by atoms with van der Waals surface area (Å²) in [5, 5.41) is 3.87. The number of nitrogens with one attached hydrogen (secondary N) is 2. The predicted molar refractivity (Wildman–Crippen MR) is 162 cm³/mol. The van der Waals surface area contributed by atoms with Gasteiger partial charge < -0.3 is 18.8 Å². The molecule has 0 saturated carbocycles. The smallest absolute Gasteiger partial charge is 0.276 e. The van der Waals surface area contributed by atoms with E-state index in [9.17, 15) is 13.2 Å². The van der Waals surface area contributed by atoms with E-state index in [4.69, 9.17) is 9.26 Å². The molecule has 0 atom stereocenters. The summed E-state index contributed by atoms with van der Waals surface area (Å²) in [7, 11) is -3.99. The summed E-state index contributed by atoms with van der Waals surface area (Å²) >= 11 is 0. The number of aromatic amines is 1. The standard InChI is InChI=1S/C31H35N5O5S/c1-5-7-12-28-33-29-26(15-16-32-31(29)37)36(28)18-22-13-14-24(23(17-22)19-40-6-2)25-10-8-9-11-27(25)42(38,39)35-30-20(3)21(4)41-34-30/h8-11,13-17H,5-7,12,18-19H2,1-4H3,(H,32,37)(H,34,35). The Morgan fingerprint density at radius 3 is 2.62 bits per heavy atom. The molecule has 2 N–H and O–H groups in total. The van der Waals surface area contributed by atoms with Crippen LogP contribution in [0.25, 0.3) is 22.2 Å². The first kappa shape index (κ1) is 29.3. The van der Waals surface area contributed by atoms with E-state index in [1.165, 1.54) is 0 Å². The average Bonchev–Trinajstić information content (AvgIpc) is 3.50. The lowest BCUT2D eigenvalue weighted by Gasteiger charge is -2.17. The zero-order valence-electron chi connectivity index (χ0n) is 24.2. The molecule has 0 radical (unpaired) electrons. The number of rotatable bonds is 12. The normalized spacial score (nSPS) is 11.8. The lowest BCUT2D eigenvalue weighted by molar-refractivity contribution is 0.134. The molecule has 0 saturated heterocycles. The highest BCUT2D eigenvalue weighted by Crippen LogP contribution is 2.33. The highest BCUT2D eigenvalue weighted by Gasteiger charge is 2.24. The molecule has 3 aromatic heterocycles. The number of benzene rings is 2. The van der Waals surface area contributed by atoms with Crippen LogP contribution < -0.4 is 10.3 Å². The molecule has 0 spiro atoms. The minimum atomic E-state index is -3.99. The second-order valence-corrected chi connectivity index (χ2v) is 11.9. The maximum atomic E-state index is 13.6. The van der Waals surface area contributed by atoms with Crippen LogP contribution in [0.15, 0.2) is 68.9 Å². The Hall–Kier alpha value is -4.22. The number of sulfonamides is 1. The van der Waals surface area contributed by atoms with E-state index in [0.29, 0.717) is 42.2 Å². The summed E-state index contributed by atoms with van der Waals surface area (Å²) in [4.78, 5) is 20.0. The molecule has 0 amide bonds. The maximum Gasteiger partial charge on any atom is 0.276 e. The Balaban J connectivity index is 1.56. The van der Waals surface area contributed by atoms with Gasteiger partial charge in [-0.15, -0.1) is 0 Å². The first-order valence-electron chi connectivity index (χ1n) is 14.0. The molecule has 2 aromatic carbocycles. The van der Waals surface area contributed by atoms with Gasteiger partial charge in [0.25, 0.3) is 15.6 Å². The molecule has 0 aliphatic rings. The molecule has 0 fully saturated rings. The Morgan fingerprint density at radius 2 is 1.88 bits per heavy atom. The fraction of sp³-hybridized carbons (Fsp3) is 0.323. The van der Waals surface area contributed by atoms with Crippen LogP contribution >= 0.6 is 0 Å². The van der Waals surface area contributed by atoms with Crippen molar-refractivity contribution in [3.8, 4) is 11.1 Å². The number of H-pyrrole nitrogens is 1. The van der Waals surface area contributed by atoms with Gasteiger partial charge in [-0.2, -0.15) is 0 Å². The Morgan fingerprint density at radius 1 is 1.07 bits per heavy atom. The van der Waals surface area contributed by atoms with Crippen LogP contribution in [0.4, 0.5) is 5.82 Å². The topological polar surface area (TPSA) is 132 Å². The molecule has 10 nitrogen and oxygen atoms in total. The molecular formula is C31H35N5O5S. The number of anilines is 1. The van der Waals surface area contributed by atoms with Crippen molar-refractivity contribution in [1.29, 1.82) is 0 Å². The van der Waals surface area contributed by atoms with Crippen molar-refractivity contribution >= 4 is 26.9 Å². The van der Waals surface area contributed by atoms with E-state index < -0.39 is 10.0 Å². The summed E-state index contributed by atoms with van der Waals surface area (Å²) in [6.45, 7) is 8.84. The molecule has 5 rings (SSSR count). The largest absolute Gasteiger partial charge is 0.377 e. The van der Waals surface area contributed by atoms with Crippen LogP contribution in [0.5, 0.6) is 0 Å². The highest BCUT2D eigenvalue weighted by molar-refractivity contribution is 7.92. The maximum absolute atomic E-state index is 13.6. The third-order valence-corrected chi connectivity index (χ3v) is 8.73. The van der Waals surface area contributed by atoms with Gasteiger partial charge in [-0.3, -0.25) is 9.52 Å². The molecule has 220 valence electrons. The van der Waals surface area contributed by atoms with E-state index in [1.54, 1.807) is 38.2 Å². The van der Waals surface area contributed by atoms with Gasteiger partial charge in [0.15, 0.2) is 11.3 Å². The number of unbranched alkanes of at least 4 members (excludes halogenated alkanes) is 1. The number of hydrogen-bond donors (Lipinski definition) is 2. The minimum Gasteiger partial charge on any atom is -0.377 e. The fourth-order valence-electron chi connectivity index (χ4n) is 4.96. The first-order valence-corrected chi connectivity index (χ1v) is 15.5. The van der Waals surface area contributed by atoms with Crippen molar-refractivity contribution in [2.45, 2.75) is 65.0 Å². The number of imidazole rings is 1. The van der Waals surface area contributed by atoms with E-state index >= 15 is 0 Å². The quantitative estimate of drug-likeness (QED) is 0.190. The number of pyridine rings is 1. The van der Waals surface area contributed by atoms with Gasteiger partial charge in [0.05, 0.1) is 17.0 Å². The van der Waals surface area contributed by atoms with E-state index in [-0.39, 0.29) is 16.3 Å². The van der Waals surface area contributed by atoms with Crippen LogP contribution in [-0.4, -0.2) is 34.7 Å². The molecule has 0 unspecified atom stereocenters. The SMILES string of the molecule is CCCCc1nc2c(=O)[nH]ccc2n1Cc1ccc(-c2ccccc2S(=O)(=O)Nc2noc(C)c2C)c(COCC)c1. The fourth-order valence-corrected chi connectivity index (χ4v) is 6.24. The summed E-state index contributed by atoms with van der Waals surface area (Å²) in [6.07, 6.45) is 4.38. The third kappa shape index (κ3) is 5.88. The summed E-state index contributed by atoms with van der Waals surface area (Å²) in [5.41, 5.74) is 4.76. The molecule has 11 heteroatoms. The number of nitrogens with zero attached hydrogens (tertiary/aromatic N) is 3. The molecule has 0 aliphatic heterocycles. The monoisotopic (exact) mass is 589 g/mol. The number of hydrogen-bond acceptors (Lipinski definition) is 7. The number of aromatic nitrogens is 4. The van der Waals surface area contributed by atoms with Crippen molar-refractivity contribution < 1.29 is 17.7 Å². The van der Waals surface area contributed by atoms with E-state index in [2.05, 4.69) is 31.3 Å².